The molecule has 4 nitrogen and oxygen atoms in total. The Morgan fingerprint density at radius 1 is 1.25 bits per heavy atom. The molecular weight excluding hydrogens is 298 g/mol. The van der Waals surface area contributed by atoms with E-state index in [1.54, 1.807) is 6.20 Å². The van der Waals surface area contributed by atoms with Crippen molar-refractivity contribution in [3.05, 3.63) is 59.4 Å². The van der Waals surface area contributed by atoms with E-state index in [0.29, 0.717) is 0 Å². The highest BCUT2D eigenvalue weighted by Crippen LogP contribution is 2.32. The quantitative estimate of drug-likeness (QED) is 0.849. The molecule has 4 rings (SSSR count). The Balaban J connectivity index is 1.69. The minimum Gasteiger partial charge on any atom is -0.490 e. The van der Waals surface area contributed by atoms with Crippen molar-refractivity contribution in [2.24, 2.45) is 4.99 Å². The Morgan fingerprint density at radius 2 is 2.21 bits per heavy atom. The highest BCUT2D eigenvalue weighted by atomic mass is 16.5. The first-order chi connectivity index (χ1) is 11.8. The van der Waals surface area contributed by atoms with Crippen LogP contribution < -0.4 is 9.64 Å². The highest BCUT2D eigenvalue weighted by molar-refractivity contribution is 6.15. The fourth-order valence-corrected chi connectivity index (χ4v) is 3.27. The summed E-state index contributed by atoms with van der Waals surface area (Å²) in [4.78, 5) is 11.2. The number of nitrogens with zero attached hydrogens (tertiary/aromatic N) is 3. The molecule has 2 aromatic rings. The lowest BCUT2D eigenvalue weighted by atomic mass is 9.94. The largest absolute Gasteiger partial charge is 0.490 e. The number of hydrogen-bond acceptors (Lipinski definition) is 4. The molecular formula is C20H21N3O. The van der Waals surface area contributed by atoms with Crippen LogP contribution in [0.5, 0.6) is 5.75 Å². The van der Waals surface area contributed by atoms with E-state index in [9.17, 15) is 0 Å². The van der Waals surface area contributed by atoms with E-state index in [1.807, 2.05) is 12.3 Å². The molecule has 2 aliphatic rings. The van der Waals surface area contributed by atoms with Gasteiger partial charge in [0.15, 0.2) is 0 Å². The monoisotopic (exact) mass is 319 g/mol. The molecule has 0 N–H and O–H groups in total. The molecule has 24 heavy (non-hydrogen) atoms. The van der Waals surface area contributed by atoms with Crippen molar-refractivity contribution >= 4 is 17.5 Å². The van der Waals surface area contributed by atoms with Gasteiger partial charge in [0.25, 0.3) is 0 Å². The molecule has 4 heteroatoms. The van der Waals surface area contributed by atoms with Gasteiger partial charge >= 0.3 is 0 Å². The predicted molar refractivity (Wildman–Crippen MR) is 98.1 cm³/mol. The average molecular weight is 319 g/mol. The molecule has 0 spiro atoms. The van der Waals surface area contributed by atoms with Crippen LogP contribution in [0, 0.1) is 0 Å². The molecule has 1 aromatic carbocycles. The second kappa shape index (κ2) is 6.48. The molecule has 0 fully saturated rings. The van der Waals surface area contributed by atoms with Crippen molar-refractivity contribution in [2.75, 3.05) is 31.6 Å². The zero-order chi connectivity index (χ0) is 16.4. The Bertz CT molecular complexity index is 796. The highest BCUT2D eigenvalue weighted by Gasteiger charge is 2.17. The van der Waals surface area contributed by atoms with Gasteiger partial charge in [0.1, 0.15) is 12.4 Å². The smallest absolute Gasteiger partial charge is 0.143 e. The summed E-state index contributed by atoms with van der Waals surface area (Å²) < 4.78 is 5.82. The molecule has 0 atom stereocenters. The minimum absolute atomic E-state index is 0.742. The number of benzene rings is 1. The topological polar surface area (TPSA) is 37.7 Å². The molecule has 0 radical (unpaired) electrons. The number of fused-ring (bicyclic) bond motifs is 1. The normalized spacial score (nSPS) is 18.8. The molecule has 3 heterocycles. The number of allylic oxidation sites excluding steroid dienone is 1. The Kier molecular flexibility index (Phi) is 4.03. The number of aromatic nitrogens is 1. The van der Waals surface area contributed by atoms with Crippen molar-refractivity contribution < 1.29 is 4.74 Å². The zero-order valence-corrected chi connectivity index (χ0v) is 13.9. The van der Waals surface area contributed by atoms with Crippen molar-refractivity contribution in [1.82, 2.24) is 4.98 Å². The van der Waals surface area contributed by atoms with Gasteiger partial charge in [-0.15, -0.1) is 0 Å². The van der Waals surface area contributed by atoms with Crippen LogP contribution in [0.4, 0.5) is 5.69 Å². The van der Waals surface area contributed by atoms with E-state index >= 15 is 0 Å². The van der Waals surface area contributed by atoms with E-state index in [4.69, 9.17) is 9.73 Å². The van der Waals surface area contributed by atoms with Crippen LogP contribution in [0.1, 0.15) is 24.0 Å². The fraction of sp³-hybridized carbons (Fsp3) is 0.300. The summed E-state index contributed by atoms with van der Waals surface area (Å²) in [5.74, 6) is 0.966. The summed E-state index contributed by atoms with van der Waals surface area (Å²) in [7, 11) is 2.10. The number of pyridine rings is 1. The van der Waals surface area contributed by atoms with Crippen LogP contribution in [0.15, 0.2) is 53.3 Å². The Morgan fingerprint density at radius 3 is 3.08 bits per heavy atom. The third-order valence-corrected chi connectivity index (χ3v) is 4.53. The van der Waals surface area contributed by atoms with Crippen LogP contribution in [0.3, 0.4) is 0 Å². The molecule has 0 saturated heterocycles. The lowest BCUT2D eigenvalue weighted by Crippen LogP contribution is -2.28. The van der Waals surface area contributed by atoms with Gasteiger partial charge in [-0.05, 0) is 54.3 Å². The lowest BCUT2D eigenvalue weighted by molar-refractivity contribution is 0.311. The third kappa shape index (κ3) is 2.92. The molecule has 0 bridgehead atoms. The summed E-state index contributed by atoms with van der Waals surface area (Å²) in [6.45, 7) is 2.57. The first kappa shape index (κ1) is 14.9. The van der Waals surface area contributed by atoms with Gasteiger partial charge in [-0.25, -0.2) is 0 Å². The van der Waals surface area contributed by atoms with Gasteiger partial charge in [-0.2, -0.15) is 0 Å². The van der Waals surface area contributed by atoms with Gasteiger partial charge in [0, 0.05) is 31.5 Å². The van der Waals surface area contributed by atoms with E-state index in [-0.39, 0.29) is 0 Å². The summed E-state index contributed by atoms with van der Waals surface area (Å²) in [6.07, 6.45) is 8.07. The maximum atomic E-state index is 5.82. The van der Waals surface area contributed by atoms with Crippen LogP contribution in [-0.2, 0) is 0 Å². The van der Waals surface area contributed by atoms with Gasteiger partial charge in [-0.3, -0.25) is 9.98 Å². The molecule has 2 aliphatic heterocycles. The summed E-state index contributed by atoms with van der Waals surface area (Å²) in [5.41, 5.74) is 5.77. The molecule has 0 unspecified atom stereocenters. The van der Waals surface area contributed by atoms with E-state index in [0.717, 1.165) is 60.8 Å². The van der Waals surface area contributed by atoms with Crippen molar-refractivity contribution in [2.45, 2.75) is 12.8 Å². The van der Waals surface area contributed by atoms with E-state index in [2.05, 4.69) is 47.3 Å². The van der Waals surface area contributed by atoms with Crippen molar-refractivity contribution in [3.63, 3.8) is 0 Å². The molecule has 0 amide bonds. The number of aliphatic imine (C=N–C) groups is 1. The third-order valence-electron chi connectivity index (χ3n) is 4.53. The Labute approximate surface area is 142 Å². The van der Waals surface area contributed by atoms with Crippen LogP contribution >= 0.6 is 0 Å². The molecule has 122 valence electrons. The van der Waals surface area contributed by atoms with Gasteiger partial charge in [0.2, 0.25) is 0 Å². The predicted octanol–water partition coefficient (Wildman–Crippen LogP) is 3.58. The number of ether oxygens (including phenoxy) is 1. The van der Waals surface area contributed by atoms with Crippen LogP contribution in [-0.4, -0.2) is 37.4 Å². The molecule has 0 saturated carbocycles. The summed E-state index contributed by atoms with van der Waals surface area (Å²) in [5, 5.41) is 0. The number of likely N-dealkylation sites (N-methyl/N-ethyl adjacent to an activating group) is 1. The van der Waals surface area contributed by atoms with E-state index < -0.39 is 0 Å². The van der Waals surface area contributed by atoms with Crippen molar-refractivity contribution in [3.8, 4) is 5.75 Å². The Hall–Kier alpha value is -2.62. The van der Waals surface area contributed by atoms with Crippen molar-refractivity contribution in [1.29, 1.82) is 0 Å². The lowest BCUT2D eigenvalue weighted by Gasteiger charge is -2.27. The maximum Gasteiger partial charge on any atom is 0.143 e. The second-order valence-electron chi connectivity index (χ2n) is 6.24. The SMILES string of the molecule is CN1CCOc2cc(/C=C3\CCCN=C3c3cccnc3)ccc21. The second-order valence-corrected chi connectivity index (χ2v) is 6.24. The van der Waals surface area contributed by atoms with Gasteiger partial charge in [0.05, 0.1) is 17.9 Å². The average Bonchev–Trinajstić information content (AvgIpc) is 2.63. The van der Waals surface area contributed by atoms with E-state index in [1.165, 1.54) is 5.57 Å². The fourth-order valence-electron chi connectivity index (χ4n) is 3.27. The molecule has 0 aliphatic carbocycles. The first-order valence-corrected chi connectivity index (χ1v) is 8.45. The molecule has 1 aromatic heterocycles. The first-order valence-electron chi connectivity index (χ1n) is 8.45. The minimum atomic E-state index is 0.742. The number of anilines is 1. The maximum absolute atomic E-state index is 5.82. The van der Waals surface area contributed by atoms with Gasteiger partial charge in [-0.1, -0.05) is 6.07 Å². The van der Waals surface area contributed by atoms with Crippen LogP contribution in [0.25, 0.3) is 6.08 Å². The zero-order valence-electron chi connectivity index (χ0n) is 13.9. The van der Waals surface area contributed by atoms with Gasteiger partial charge < -0.3 is 9.64 Å². The summed E-state index contributed by atoms with van der Waals surface area (Å²) in [6, 6.07) is 10.5. The summed E-state index contributed by atoms with van der Waals surface area (Å²) >= 11 is 0. The standard InChI is InChI=1S/C20H21N3O/c1-23-10-11-24-19-13-15(6-7-18(19)23)12-16-4-3-9-22-20(16)17-5-2-8-21-14-17/h2,5-8,12-14H,3-4,9-11H2,1H3/b16-12+. The van der Waals surface area contributed by atoms with Crippen LogP contribution in [0.2, 0.25) is 0 Å². The number of rotatable bonds is 2. The number of hydrogen-bond donors (Lipinski definition) is 0.